The van der Waals surface area contributed by atoms with Gasteiger partial charge in [-0.05, 0) is 69.6 Å². The van der Waals surface area contributed by atoms with Crippen molar-refractivity contribution in [2.75, 3.05) is 13.2 Å². The minimum Gasteiger partial charge on any atom is -0.377 e. The van der Waals surface area contributed by atoms with Crippen LogP contribution in [0.3, 0.4) is 0 Å². The van der Waals surface area contributed by atoms with E-state index in [1.807, 2.05) is 6.92 Å². The molecule has 1 spiro atoms. The van der Waals surface area contributed by atoms with E-state index >= 15 is 0 Å². The van der Waals surface area contributed by atoms with Crippen LogP contribution in [0.2, 0.25) is 0 Å². The Morgan fingerprint density at radius 1 is 1.00 bits per heavy atom. The quantitative estimate of drug-likeness (QED) is 0.537. The van der Waals surface area contributed by atoms with Crippen molar-refractivity contribution < 1.29 is 14.6 Å². The summed E-state index contributed by atoms with van der Waals surface area (Å²) in [5.41, 5.74) is 2.69. The van der Waals surface area contributed by atoms with Crippen molar-refractivity contribution in [1.82, 2.24) is 0 Å². The van der Waals surface area contributed by atoms with E-state index in [2.05, 4.69) is 11.8 Å². The lowest BCUT2D eigenvalue weighted by Crippen LogP contribution is -2.44. The number of allylic oxidation sites excluding steroid dienone is 1. The molecule has 3 nitrogen and oxygen atoms in total. The summed E-state index contributed by atoms with van der Waals surface area (Å²) in [5.74, 6) is 8.47. The van der Waals surface area contributed by atoms with Crippen LogP contribution >= 0.6 is 0 Å². The fraction of sp³-hybridized carbons (Fsp3) is 0.818. The summed E-state index contributed by atoms with van der Waals surface area (Å²) in [6.07, 6.45) is 10.1. The van der Waals surface area contributed by atoms with Crippen molar-refractivity contribution in [2.45, 2.75) is 76.1 Å². The standard InChI is InChI=1S/C22H30O3/c1-2-9-21(23)10-7-19-18-4-3-15-14-22(24-12-13-25-22)11-8-16(15)17(18)5-6-20(19)21/h17-20,23H,3-8,10-14H2,1H3/t17-,18-,19+,20+,21+/m1/s1. The maximum Gasteiger partial charge on any atom is 0.172 e. The van der Waals surface area contributed by atoms with Gasteiger partial charge in [0.1, 0.15) is 5.60 Å². The van der Waals surface area contributed by atoms with Gasteiger partial charge in [-0.25, -0.2) is 0 Å². The second-order valence-electron chi connectivity index (χ2n) is 8.91. The minimum absolute atomic E-state index is 0.285. The molecule has 1 heterocycles. The number of fused-ring (bicyclic) bond motifs is 4. The van der Waals surface area contributed by atoms with Crippen LogP contribution in [0.4, 0.5) is 0 Å². The third-order valence-corrected chi connectivity index (χ3v) is 7.94. The van der Waals surface area contributed by atoms with E-state index in [9.17, 15) is 5.11 Å². The molecule has 3 heteroatoms. The molecule has 5 rings (SSSR count). The number of hydrogen-bond donors (Lipinski definition) is 1. The molecule has 5 atom stereocenters. The van der Waals surface area contributed by atoms with Crippen LogP contribution in [0.15, 0.2) is 11.1 Å². The predicted molar refractivity (Wildman–Crippen MR) is 95.6 cm³/mol. The lowest BCUT2D eigenvalue weighted by Gasteiger charge is -2.49. The van der Waals surface area contributed by atoms with Crippen molar-refractivity contribution in [3.8, 4) is 11.8 Å². The first-order chi connectivity index (χ1) is 12.1. The Morgan fingerprint density at radius 2 is 1.84 bits per heavy atom. The van der Waals surface area contributed by atoms with E-state index < -0.39 is 5.60 Å². The van der Waals surface area contributed by atoms with E-state index in [4.69, 9.17) is 9.47 Å². The molecule has 1 saturated heterocycles. The van der Waals surface area contributed by atoms with Gasteiger partial charge in [0.25, 0.3) is 0 Å². The Bertz CT molecular complexity index is 648. The Kier molecular flexibility index (Phi) is 3.82. The van der Waals surface area contributed by atoms with Crippen molar-refractivity contribution in [2.24, 2.45) is 23.7 Å². The average Bonchev–Trinajstić information content (AvgIpc) is 3.20. The highest BCUT2D eigenvalue weighted by molar-refractivity contribution is 5.29. The highest BCUT2D eigenvalue weighted by atomic mass is 16.7. The maximum absolute atomic E-state index is 11.0. The maximum atomic E-state index is 11.0. The van der Waals surface area contributed by atoms with Crippen LogP contribution in [0.5, 0.6) is 0 Å². The van der Waals surface area contributed by atoms with E-state index in [1.165, 1.54) is 19.3 Å². The lowest BCUT2D eigenvalue weighted by molar-refractivity contribution is -0.165. The minimum atomic E-state index is -0.707. The largest absolute Gasteiger partial charge is 0.377 e. The fourth-order valence-electron chi connectivity index (χ4n) is 6.99. The van der Waals surface area contributed by atoms with Crippen LogP contribution in [0.25, 0.3) is 0 Å². The highest BCUT2D eigenvalue weighted by Gasteiger charge is 2.55. The second-order valence-corrected chi connectivity index (χ2v) is 8.91. The molecule has 0 unspecified atom stereocenters. The number of rotatable bonds is 0. The van der Waals surface area contributed by atoms with Gasteiger partial charge in [0, 0.05) is 18.8 Å². The number of ether oxygens (including phenoxy) is 2. The summed E-state index contributed by atoms with van der Waals surface area (Å²) < 4.78 is 12.0. The van der Waals surface area contributed by atoms with Gasteiger partial charge in [-0.1, -0.05) is 17.1 Å². The number of aliphatic hydroxyl groups is 1. The van der Waals surface area contributed by atoms with E-state index in [0.717, 1.165) is 63.6 Å². The van der Waals surface area contributed by atoms with Crippen LogP contribution in [-0.2, 0) is 9.47 Å². The van der Waals surface area contributed by atoms with Gasteiger partial charge in [-0.3, -0.25) is 0 Å². The molecule has 0 bridgehead atoms. The summed E-state index contributed by atoms with van der Waals surface area (Å²) in [5, 5.41) is 11.0. The zero-order valence-corrected chi connectivity index (χ0v) is 15.4. The molecule has 1 N–H and O–H groups in total. The molecule has 5 aliphatic rings. The van der Waals surface area contributed by atoms with Crippen LogP contribution in [-0.4, -0.2) is 29.7 Å². The van der Waals surface area contributed by atoms with Crippen molar-refractivity contribution >= 4 is 0 Å². The number of hydrogen-bond acceptors (Lipinski definition) is 3. The SMILES string of the molecule is CC#C[C@]1(O)CC[C@H]2[C@@H]3CCC4=C(CCC5(C4)OCCO5)[C@H]3CC[C@@H]21. The van der Waals surface area contributed by atoms with E-state index in [0.29, 0.717) is 11.8 Å². The summed E-state index contributed by atoms with van der Waals surface area (Å²) >= 11 is 0. The Hall–Kier alpha value is -0.820. The molecule has 2 saturated carbocycles. The first kappa shape index (κ1) is 16.4. The Morgan fingerprint density at radius 3 is 2.64 bits per heavy atom. The normalized spacial score (nSPS) is 44.7. The Labute approximate surface area is 151 Å². The molecular formula is C22H30O3. The predicted octanol–water partition coefficient (Wildman–Crippen LogP) is 3.81. The molecule has 4 aliphatic carbocycles. The van der Waals surface area contributed by atoms with Gasteiger partial charge in [0.15, 0.2) is 5.79 Å². The van der Waals surface area contributed by atoms with Gasteiger partial charge in [-0.15, -0.1) is 5.92 Å². The van der Waals surface area contributed by atoms with Crippen LogP contribution in [0, 0.1) is 35.5 Å². The lowest BCUT2D eigenvalue weighted by atomic mass is 9.57. The molecule has 3 fully saturated rings. The molecular weight excluding hydrogens is 312 g/mol. The van der Waals surface area contributed by atoms with Gasteiger partial charge >= 0.3 is 0 Å². The van der Waals surface area contributed by atoms with Crippen LogP contribution in [0.1, 0.15) is 64.7 Å². The molecule has 0 amide bonds. The highest BCUT2D eigenvalue weighted by Crippen LogP contribution is 2.59. The molecule has 136 valence electrons. The molecule has 25 heavy (non-hydrogen) atoms. The smallest absolute Gasteiger partial charge is 0.172 e. The van der Waals surface area contributed by atoms with E-state index in [-0.39, 0.29) is 5.79 Å². The third kappa shape index (κ3) is 2.45. The van der Waals surface area contributed by atoms with Gasteiger partial charge in [0.05, 0.1) is 13.2 Å². The van der Waals surface area contributed by atoms with Gasteiger partial charge in [-0.2, -0.15) is 0 Å². The van der Waals surface area contributed by atoms with Crippen molar-refractivity contribution in [1.29, 1.82) is 0 Å². The molecule has 0 aromatic carbocycles. The molecule has 1 aliphatic heterocycles. The van der Waals surface area contributed by atoms with E-state index in [1.54, 1.807) is 11.1 Å². The molecule has 0 aromatic heterocycles. The Balaban J connectivity index is 1.39. The summed E-state index contributed by atoms with van der Waals surface area (Å²) in [6, 6.07) is 0. The molecule has 0 radical (unpaired) electrons. The first-order valence-electron chi connectivity index (χ1n) is 10.3. The van der Waals surface area contributed by atoms with Crippen molar-refractivity contribution in [3.63, 3.8) is 0 Å². The van der Waals surface area contributed by atoms with Crippen LogP contribution < -0.4 is 0 Å². The zero-order chi connectivity index (χ0) is 17.1. The van der Waals surface area contributed by atoms with Crippen molar-refractivity contribution in [3.05, 3.63) is 11.1 Å². The zero-order valence-electron chi connectivity index (χ0n) is 15.4. The fourth-order valence-corrected chi connectivity index (χ4v) is 6.99. The third-order valence-electron chi connectivity index (χ3n) is 7.94. The topological polar surface area (TPSA) is 38.7 Å². The van der Waals surface area contributed by atoms with Gasteiger partial charge in [0.2, 0.25) is 0 Å². The molecule has 0 aromatic rings. The summed E-state index contributed by atoms with van der Waals surface area (Å²) in [4.78, 5) is 0. The average molecular weight is 342 g/mol. The monoisotopic (exact) mass is 342 g/mol. The second kappa shape index (κ2) is 5.84. The summed E-state index contributed by atoms with van der Waals surface area (Å²) in [7, 11) is 0. The first-order valence-corrected chi connectivity index (χ1v) is 10.3. The van der Waals surface area contributed by atoms with Gasteiger partial charge < -0.3 is 14.6 Å². The summed E-state index contributed by atoms with van der Waals surface area (Å²) in [6.45, 7) is 3.38.